The lowest BCUT2D eigenvalue weighted by Crippen LogP contribution is -2.50. The molecule has 3 rings (SSSR count). The van der Waals surface area contributed by atoms with Crippen molar-refractivity contribution in [2.45, 2.75) is 26.9 Å². The van der Waals surface area contributed by atoms with Crippen LogP contribution in [0.4, 0.5) is 5.82 Å². The first-order chi connectivity index (χ1) is 13.7. The zero-order valence-electron chi connectivity index (χ0n) is 16.3. The van der Waals surface area contributed by atoms with Crippen LogP contribution in [0.3, 0.4) is 0 Å². The van der Waals surface area contributed by atoms with Crippen LogP contribution < -0.4 is 0 Å². The lowest BCUT2D eigenvalue weighted by atomic mass is 10.1. The molecule has 0 spiro atoms. The number of rotatable bonds is 6. The van der Waals surface area contributed by atoms with Gasteiger partial charge >= 0.3 is 5.82 Å². The van der Waals surface area contributed by atoms with Crippen molar-refractivity contribution >= 4 is 34.9 Å². The van der Waals surface area contributed by atoms with Crippen molar-refractivity contribution in [2.75, 3.05) is 26.2 Å². The van der Waals surface area contributed by atoms with E-state index >= 15 is 0 Å². The molecule has 1 atom stereocenters. The Balaban J connectivity index is 1.53. The fourth-order valence-corrected chi connectivity index (χ4v) is 3.90. The second-order valence-electron chi connectivity index (χ2n) is 7.32. The molecule has 0 radical (unpaired) electrons. The highest BCUT2D eigenvalue weighted by atomic mass is 35.5. The molecule has 8 nitrogen and oxygen atoms in total. The molecule has 1 aliphatic heterocycles. The first-order valence-corrected chi connectivity index (χ1v) is 10.1. The SMILES string of the molecule is Cc1cc([N+](=O)[O-])nn1CC(C)C(=O)N1CCN(Cc2ccc(Cl)cc2Cl)CC1. The van der Waals surface area contributed by atoms with Crippen molar-refractivity contribution in [3.8, 4) is 0 Å². The van der Waals surface area contributed by atoms with E-state index in [1.54, 1.807) is 13.0 Å². The van der Waals surface area contributed by atoms with Gasteiger partial charge in [-0.1, -0.05) is 36.2 Å². The van der Waals surface area contributed by atoms with Crippen LogP contribution in [0, 0.1) is 23.0 Å². The normalized spacial score (nSPS) is 16.1. The molecule has 1 amide bonds. The average Bonchev–Trinajstić information content (AvgIpc) is 3.05. The summed E-state index contributed by atoms with van der Waals surface area (Å²) < 4.78 is 1.53. The third kappa shape index (κ3) is 5.26. The molecule has 1 aromatic heterocycles. The summed E-state index contributed by atoms with van der Waals surface area (Å²) in [7, 11) is 0. The zero-order chi connectivity index (χ0) is 21.1. The molecular weight excluding hydrogens is 417 g/mol. The van der Waals surface area contributed by atoms with Gasteiger partial charge in [0.15, 0.2) is 0 Å². The van der Waals surface area contributed by atoms with E-state index in [2.05, 4.69) is 10.00 Å². The number of piperazine rings is 1. The molecule has 1 fully saturated rings. The van der Waals surface area contributed by atoms with E-state index in [1.807, 2.05) is 24.0 Å². The Morgan fingerprint density at radius 1 is 1.24 bits per heavy atom. The summed E-state index contributed by atoms with van der Waals surface area (Å²) in [6, 6.07) is 6.90. The van der Waals surface area contributed by atoms with E-state index in [9.17, 15) is 14.9 Å². The fraction of sp³-hybridized carbons (Fsp3) is 0.474. The van der Waals surface area contributed by atoms with Gasteiger partial charge < -0.3 is 15.0 Å². The van der Waals surface area contributed by atoms with Gasteiger partial charge in [0.25, 0.3) is 0 Å². The minimum absolute atomic E-state index is 0.0340. The van der Waals surface area contributed by atoms with Gasteiger partial charge in [-0.25, -0.2) is 0 Å². The Morgan fingerprint density at radius 2 is 1.93 bits per heavy atom. The second-order valence-corrected chi connectivity index (χ2v) is 8.16. The lowest BCUT2D eigenvalue weighted by Gasteiger charge is -2.36. The van der Waals surface area contributed by atoms with Gasteiger partial charge in [0.1, 0.15) is 0 Å². The van der Waals surface area contributed by atoms with E-state index < -0.39 is 4.92 Å². The summed E-state index contributed by atoms with van der Waals surface area (Å²) in [6.07, 6.45) is 0. The highest BCUT2D eigenvalue weighted by Crippen LogP contribution is 2.23. The number of nitrogens with zero attached hydrogens (tertiary/aromatic N) is 5. The molecule has 0 saturated carbocycles. The number of carbonyl (C=O) groups is 1. The lowest BCUT2D eigenvalue weighted by molar-refractivity contribution is -0.389. The molecule has 0 aliphatic carbocycles. The fourth-order valence-electron chi connectivity index (χ4n) is 3.43. The maximum absolute atomic E-state index is 12.8. The third-order valence-corrected chi connectivity index (χ3v) is 5.70. The number of halogens is 2. The van der Waals surface area contributed by atoms with Crippen molar-refractivity contribution in [3.05, 3.63) is 55.7 Å². The molecule has 0 N–H and O–H groups in total. The minimum Gasteiger partial charge on any atom is -0.358 e. The quantitative estimate of drug-likeness (QED) is 0.508. The molecule has 1 aliphatic rings. The van der Waals surface area contributed by atoms with Gasteiger partial charge in [0, 0.05) is 42.8 Å². The molecule has 1 saturated heterocycles. The Labute approximate surface area is 179 Å². The van der Waals surface area contributed by atoms with Crippen LogP contribution in [0.5, 0.6) is 0 Å². The molecular formula is C19H23Cl2N5O3. The predicted octanol–water partition coefficient (Wildman–Crippen LogP) is 3.39. The Kier molecular flexibility index (Phi) is 6.77. The molecule has 29 heavy (non-hydrogen) atoms. The monoisotopic (exact) mass is 439 g/mol. The standard InChI is InChI=1S/C19H23Cl2N5O3/c1-13(11-25-14(2)9-18(22-25)26(28)29)19(27)24-7-5-23(6-8-24)12-15-3-4-16(20)10-17(15)21/h3-4,9-10,13H,5-8,11-12H2,1-2H3. The number of benzene rings is 1. The zero-order valence-corrected chi connectivity index (χ0v) is 17.9. The molecule has 10 heteroatoms. The van der Waals surface area contributed by atoms with E-state index in [1.165, 1.54) is 10.7 Å². The van der Waals surface area contributed by atoms with E-state index in [4.69, 9.17) is 23.2 Å². The number of aromatic nitrogens is 2. The van der Waals surface area contributed by atoms with Crippen molar-refractivity contribution in [1.82, 2.24) is 19.6 Å². The van der Waals surface area contributed by atoms with Crippen molar-refractivity contribution in [3.63, 3.8) is 0 Å². The number of nitro groups is 1. The summed E-state index contributed by atoms with van der Waals surface area (Å²) in [4.78, 5) is 27.2. The number of hydrogen-bond acceptors (Lipinski definition) is 5. The number of amides is 1. The van der Waals surface area contributed by atoms with E-state index in [-0.39, 0.29) is 17.6 Å². The molecule has 2 aromatic rings. The summed E-state index contributed by atoms with van der Waals surface area (Å²) >= 11 is 12.2. The Bertz CT molecular complexity index is 909. The summed E-state index contributed by atoms with van der Waals surface area (Å²) in [5.41, 5.74) is 1.68. The van der Waals surface area contributed by atoms with Gasteiger partial charge in [0.2, 0.25) is 5.91 Å². The second kappa shape index (κ2) is 9.11. The third-order valence-electron chi connectivity index (χ3n) is 5.12. The smallest absolute Gasteiger partial charge is 0.358 e. The number of aryl methyl sites for hydroxylation is 1. The highest BCUT2D eigenvalue weighted by molar-refractivity contribution is 6.35. The van der Waals surface area contributed by atoms with Gasteiger partial charge in [-0.15, -0.1) is 0 Å². The van der Waals surface area contributed by atoms with Crippen LogP contribution in [0.15, 0.2) is 24.3 Å². The van der Waals surface area contributed by atoms with Gasteiger partial charge in [-0.05, 0) is 29.5 Å². The van der Waals surface area contributed by atoms with Crippen LogP contribution >= 0.6 is 23.2 Å². The Hall–Kier alpha value is -2.16. The largest absolute Gasteiger partial charge is 0.390 e. The van der Waals surface area contributed by atoms with Gasteiger partial charge in [0.05, 0.1) is 29.3 Å². The molecule has 1 unspecified atom stereocenters. The maximum atomic E-state index is 12.8. The van der Waals surface area contributed by atoms with Crippen LogP contribution in [0.2, 0.25) is 10.0 Å². The Morgan fingerprint density at radius 3 is 2.52 bits per heavy atom. The molecule has 0 bridgehead atoms. The topological polar surface area (TPSA) is 84.5 Å². The van der Waals surface area contributed by atoms with Gasteiger partial charge in [-0.2, -0.15) is 4.68 Å². The molecule has 156 valence electrons. The van der Waals surface area contributed by atoms with Crippen molar-refractivity contribution in [1.29, 1.82) is 0 Å². The summed E-state index contributed by atoms with van der Waals surface area (Å²) in [5.74, 6) is -0.478. The summed E-state index contributed by atoms with van der Waals surface area (Å²) in [5, 5.41) is 16.1. The summed E-state index contributed by atoms with van der Waals surface area (Å²) in [6.45, 7) is 7.38. The average molecular weight is 440 g/mol. The van der Waals surface area contributed by atoms with Crippen LogP contribution in [0.25, 0.3) is 0 Å². The van der Waals surface area contributed by atoms with Crippen LogP contribution in [-0.2, 0) is 17.9 Å². The first-order valence-electron chi connectivity index (χ1n) is 9.38. The predicted molar refractivity (Wildman–Crippen MR) is 111 cm³/mol. The molecule has 1 aromatic carbocycles. The number of hydrogen-bond donors (Lipinski definition) is 0. The number of carbonyl (C=O) groups excluding carboxylic acids is 1. The highest BCUT2D eigenvalue weighted by Gasteiger charge is 2.27. The van der Waals surface area contributed by atoms with Crippen molar-refractivity contribution < 1.29 is 9.72 Å². The molecule has 2 heterocycles. The van der Waals surface area contributed by atoms with Crippen LogP contribution in [-0.4, -0.2) is 56.6 Å². The van der Waals surface area contributed by atoms with Gasteiger partial charge in [-0.3, -0.25) is 9.69 Å². The van der Waals surface area contributed by atoms with Crippen molar-refractivity contribution in [2.24, 2.45) is 5.92 Å². The van der Waals surface area contributed by atoms with Crippen LogP contribution in [0.1, 0.15) is 18.2 Å². The first kappa shape index (κ1) is 21.5. The van der Waals surface area contributed by atoms with E-state index in [0.717, 1.165) is 18.7 Å². The van der Waals surface area contributed by atoms with E-state index in [0.29, 0.717) is 41.9 Å². The maximum Gasteiger partial charge on any atom is 0.390 e. The minimum atomic E-state index is -0.526.